The Balaban J connectivity index is 1.38. The number of fused-ring (bicyclic) bond motifs is 3. The van der Waals surface area contributed by atoms with Gasteiger partial charge < -0.3 is 24.8 Å². The quantitative estimate of drug-likeness (QED) is 0.320. The summed E-state index contributed by atoms with van der Waals surface area (Å²) in [5, 5.41) is 14.3. The Hall–Kier alpha value is -4.40. The summed E-state index contributed by atoms with van der Waals surface area (Å²) in [6.07, 6.45) is 6.51. The topological polar surface area (TPSA) is 185 Å². The van der Waals surface area contributed by atoms with Crippen LogP contribution in [0.25, 0.3) is 10.8 Å². The van der Waals surface area contributed by atoms with Crippen LogP contribution < -0.4 is 19.5 Å². The lowest BCUT2D eigenvalue weighted by molar-refractivity contribution is -0.146. The van der Waals surface area contributed by atoms with Crippen LogP contribution in [-0.4, -0.2) is 99.8 Å². The third-order valence-corrected chi connectivity index (χ3v) is 12.9. The second-order valence-electron chi connectivity index (χ2n) is 16.5. The molecule has 1 aromatic heterocycles. The summed E-state index contributed by atoms with van der Waals surface area (Å²) in [5.41, 5.74) is -2.50. The fourth-order valence-corrected chi connectivity index (χ4v) is 9.47. The van der Waals surface area contributed by atoms with Gasteiger partial charge >= 0.3 is 6.09 Å². The van der Waals surface area contributed by atoms with Crippen molar-refractivity contribution in [3.05, 3.63) is 42.6 Å². The first-order valence-electron chi connectivity index (χ1n) is 19.0. The lowest BCUT2D eigenvalue weighted by Gasteiger charge is -2.43. The van der Waals surface area contributed by atoms with E-state index >= 15 is 0 Å². The molecule has 14 nitrogen and oxygen atoms in total. The molecule has 2 aliphatic heterocycles. The molecule has 0 spiro atoms. The van der Waals surface area contributed by atoms with Crippen LogP contribution in [0.15, 0.2) is 42.6 Å². The van der Waals surface area contributed by atoms with Gasteiger partial charge in [-0.2, -0.15) is 0 Å². The predicted octanol–water partition coefficient (Wildman–Crippen LogP) is 4.62. The van der Waals surface area contributed by atoms with Gasteiger partial charge in [-0.05, 0) is 108 Å². The lowest BCUT2D eigenvalue weighted by atomic mass is 9.85. The van der Waals surface area contributed by atoms with Crippen LogP contribution in [0.4, 0.5) is 4.79 Å². The van der Waals surface area contributed by atoms with Gasteiger partial charge in [0.1, 0.15) is 29.5 Å². The van der Waals surface area contributed by atoms with Crippen LogP contribution in [0, 0.1) is 17.8 Å². The second kappa shape index (κ2) is 15.0. The molecule has 3 fully saturated rings. The van der Waals surface area contributed by atoms with Crippen molar-refractivity contribution in [2.45, 2.75) is 121 Å². The summed E-state index contributed by atoms with van der Waals surface area (Å²) >= 11 is 0. The standard InChI is InChI=1S/C39H53N5O9S/c1-7-52-27-12-15-30-25(19-27)16-17-40-34(30)53-28-20-31-33(45)41-39(36(47)42-54(50,51)29-13-14-29)21-26(39)11-9-8-10-23(2)18-24(3)32(35(46)43(31)22-28)44(37(48)49)38(4,5)6/h9,11-12,15-17,19,23-24,26,28-29,31-32H,7-8,10,13-14,18,20-22H2,1-6H3,(H,41,45)(H,42,47)(H,48,49)/b11-9-/t23-,24-,26-,28-,31+,32+,39-/m1/s1. The molecule has 2 aromatic rings. The SMILES string of the molecule is CCOc1ccc2c(O[C@@H]3C[C@H]4C(=O)N[C@]5(C(=O)NS(=O)(=O)C6CC6)C[C@H]5/C=C\CC[C@@H](C)C[C@@H](C)[C@H](N(C(=O)O)C(C)(C)C)C(=O)N4C3)nccc2c1. The van der Waals surface area contributed by atoms with E-state index in [0.29, 0.717) is 49.3 Å². The van der Waals surface area contributed by atoms with Crippen LogP contribution >= 0.6 is 0 Å². The molecule has 294 valence electrons. The number of allylic oxidation sites excluding steroid dienone is 1. The lowest BCUT2D eigenvalue weighted by Crippen LogP contribution is -2.62. The normalized spacial score (nSPS) is 29.9. The fourth-order valence-electron chi connectivity index (χ4n) is 8.10. The van der Waals surface area contributed by atoms with Gasteiger partial charge in [-0.3, -0.25) is 24.0 Å². The van der Waals surface area contributed by atoms with Gasteiger partial charge in [0.05, 0.1) is 18.4 Å². The number of ether oxygens (including phenoxy) is 2. The Labute approximate surface area is 317 Å². The van der Waals surface area contributed by atoms with Crippen LogP contribution in [0.2, 0.25) is 0 Å². The molecule has 0 unspecified atom stereocenters. The molecule has 1 aromatic carbocycles. The fraction of sp³-hybridized carbons (Fsp3) is 0.615. The van der Waals surface area contributed by atoms with Gasteiger partial charge in [-0.1, -0.05) is 26.0 Å². The van der Waals surface area contributed by atoms with E-state index in [0.717, 1.165) is 11.8 Å². The van der Waals surface area contributed by atoms with E-state index in [4.69, 9.17) is 9.47 Å². The number of hydrogen-bond donors (Lipinski definition) is 3. The summed E-state index contributed by atoms with van der Waals surface area (Å²) in [6, 6.07) is 5.04. The molecular weight excluding hydrogens is 715 g/mol. The third-order valence-electron chi connectivity index (χ3n) is 11.1. The van der Waals surface area contributed by atoms with Crippen molar-refractivity contribution >= 4 is 44.6 Å². The van der Waals surface area contributed by atoms with Gasteiger partial charge in [0.15, 0.2) is 0 Å². The maximum Gasteiger partial charge on any atom is 0.408 e. The zero-order chi connectivity index (χ0) is 39.2. The first-order valence-corrected chi connectivity index (χ1v) is 20.6. The molecule has 4 aliphatic rings. The maximum atomic E-state index is 15.0. The molecule has 2 aliphatic carbocycles. The summed E-state index contributed by atoms with van der Waals surface area (Å²) in [5.74, 6) is -1.77. The monoisotopic (exact) mass is 767 g/mol. The van der Waals surface area contributed by atoms with Gasteiger partial charge in [0.2, 0.25) is 27.7 Å². The van der Waals surface area contributed by atoms with Crippen molar-refractivity contribution in [3.8, 4) is 11.6 Å². The van der Waals surface area contributed by atoms with Crippen molar-refractivity contribution in [1.82, 2.24) is 24.8 Å². The Bertz CT molecular complexity index is 1930. The molecule has 6 rings (SSSR count). The van der Waals surface area contributed by atoms with Crippen molar-refractivity contribution < 1.29 is 42.2 Å². The second-order valence-corrected chi connectivity index (χ2v) is 18.4. The van der Waals surface area contributed by atoms with E-state index in [1.54, 1.807) is 27.0 Å². The number of carbonyl (C=O) groups excluding carboxylic acids is 3. The van der Waals surface area contributed by atoms with Crippen LogP contribution in [0.1, 0.15) is 86.5 Å². The highest BCUT2D eigenvalue weighted by Gasteiger charge is 2.62. The number of nitrogens with one attached hydrogen (secondary N) is 2. The number of carboxylic acid groups (broad SMARTS) is 1. The number of benzene rings is 1. The number of amides is 4. The van der Waals surface area contributed by atoms with E-state index in [9.17, 15) is 32.7 Å². The van der Waals surface area contributed by atoms with E-state index in [-0.39, 0.29) is 25.3 Å². The molecule has 1 saturated heterocycles. The van der Waals surface area contributed by atoms with E-state index < -0.39 is 80.2 Å². The van der Waals surface area contributed by atoms with E-state index in [2.05, 4.69) is 21.9 Å². The summed E-state index contributed by atoms with van der Waals surface area (Å²) < 4.78 is 40.1. The molecule has 7 atom stereocenters. The van der Waals surface area contributed by atoms with Crippen molar-refractivity contribution in [3.63, 3.8) is 0 Å². The number of aromatic nitrogens is 1. The number of carbonyl (C=O) groups is 4. The Morgan fingerprint density at radius 3 is 2.54 bits per heavy atom. The number of sulfonamides is 1. The van der Waals surface area contributed by atoms with Crippen LogP contribution in [-0.2, 0) is 24.4 Å². The van der Waals surface area contributed by atoms with Gasteiger partial charge in [-0.25, -0.2) is 18.2 Å². The average molecular weight is 768 g/mol. The zero-order valence-corrected chi connectivity index (χ0v) is 32.7. The summed E-state index contributed by atoms with van der Waals surface area (Å²) in [6.45, 7) is 11.5. The predicted molar refractivity (Wildman–Crippen MR) is 201 cm³/mol. The first-order chi connectivity index (χ1) is 25.4. The Morgan fingerprint density at radius 1 is 1.13 bits per heavy atom. The van der Waals surface area contributed by atoms with Crippen molar-refractivity contribution in [2.75, 3.05) is 13.2 Å². The number of pyridine rings is 1. The smallest absolute Gasteiger partial charge is 0.408 e. The van der Waals surface area contributed by atoms with E-state index in [1.807, 2.05) is 50.3 Å². The highest BCUT2D eigenvalue weighted by molar-refractivity contribution is 7.91. The van der Waals surface area contributed by atoms with Gasteiger partial charge in [0, 0.05) is 29.5 Å². The molecule has 54 heavy (non-hydrogen) atoms. The number of nitrogens with zero attached hydrogens (tertiary/aromatic N) is 3. The Kier molecular flexibility index (Phi) is 10.9. The van der Waals surface area contributed by atoms with Gasteiger partial charge in [-0.15, -0.1) is 0 Å². The zero-order valence-electron chi connectivity index (χ0n) is 31.9. The molecule has 4 amide bonds. The number of hydrogen-bond acceptors (Lipinski definition) is 9. The first kappa shape index (κ1) is 39.3. The minimum atomic E-state index is -3.91. The molecular formula is C39H53N5O9S. The molecule has 3 heterocycles. The third kappa shape index (κ3) is 8.15. The van der Waals surface area contributed by atoms with E-state index in [1.165, 1.54) is 9.80 Å². The average Bonchev–Trinajstić information content (AvgIpc) is 4.01. The molecule has 0 bridgehead atoms. The van der Waals surface area contributed by atoms with Gasteiger partial charge in [0.25, 0.3) is 5.91 Å². The largest absolute Gasteiger partial charge is 0.494 e. The highest BCUT2D eigenvalue weighted by Crippen LogP contribution is 2.46. The molecule has 3 N–H and O–H groups in total. The Morgan fingerprint density at radius 2 is 1.87 bits per heavy atom. The van der Waals surface area contributed by atoms with Crippen molar-refractivity contribution in [2.24, 2.45) is 17.8 Å². The highest BCUT2D eigenvalue weighted by atomic mass is 32.2. The molecule has 2 saturated carbocycles. The number of rotatable bonds is 8. The minimum Gasteiger partial charge on any atom is -0.494 e. The summed E-state index contributed by atoms with van der Waals surface area (Å²) in [4.78, 5) is 63.3. The van der Waals surface area contributed by atoms with Crippen molar-refractivity contribution in [1.29, 1.82) is 0 Å². The van der Waals surface area contributed by atoms with Crippen LogP contribution in [0.3, 0.4) is 0 Å². The molecule has 15 heteroatoms. The maximum absolute atomic E-state index is 15.0. The molecule has 0 radical (unpaired) electrons. The minimum absolute atomic E-state index is 0.0192. The van der Waals surface area contributed by atoms with Crippen LogP contribution in [0.5, 0.6) is 11.6 Å². The summed E-state index contributed by atoms with van der Waals surface area (Å²) in [7, 11) is -3.91.